The highest BCUT2D eigenvalue weighted by Crippen LogP contribution is 2.40. The van der Waals surface area contributed by atoms with E-state index >= 15 is 0 Å². The molecule has 3 aromatic rings. The van der Waals surface area contributed by atoms with Crippen molar-refractivity contribution < 1.29 is 13.6 Å². The predicted molar refractivity (Wildman–Crippen MR) is 109 cm³/mol. The Bertz CT molecular complexity index is 1170. The summed E-state index contributed by atoms with van der Waals surface area (Å²) >= 11 is 0. The maximum atomic E-state index is 14.3. The van der Waals surface area contributed by atoms with Crippen LogP contribution in [0.2, 0.25) is 0 Å². The minimum Gasteiger partial charge on any atom is -0.305 e. The van der Waals surface area contributed by atoms with Gasteiger partial charge in [0, 0.05) is 47.6 Å². The van der Waals surface area contributed by atoms with E-state index in [1.165, 1.54) is 4.68 Å². The van der Waals surface area contributed by atoms with E-state index in [9.17, 15) is 13.6 Å². The van der Waals surface area contributed by atoms with Gasteiger partial charge in [0.25, 0.3) is 11.8 Å². The maximum absolute atomic E-state index is 14.3. The molecule has 0 unspecified atom stereocenters. The van der Waals surface area contributed by atoms with Crippen LogP contribution in [0.3, 0.4) is 0 Å². The van der Waals surface area contributed by atoms with Gasteiger partial charge in [-0.05, 0) is 50.1 Å². The molecule has 1 N–H and O–H groups in total. The minimum absolute atomic E-state index is 0.115. The van der Waals surface area contributed by atoms with Crippen molar-refractivity contribution in [2.24, 2.45) is 0 Å². The first-order chi connectivity index (χ1) is 14.3. The van der Waals surface area contributed by atoms with E-state index in [4.69, 9.17) is 0 Å². The number of amides is 1. The quantitative estimate of drug-likeness (QED) is 0.641. The number of hydrogen-bond donors (Lipinski definition) is 1. The van der Waals surface area contributed by atoms with Crippen LogP contribution >= 0.6 is 0 Å². The molecule has 1 aromatic carbocycles. The van der Waals surface area contributed by atoms with E-state index in [2.05, 4.69) is 27.2 Å². The van der Waals surface area contributed by atoms with E-state index in [0.717, 1.165) is 11.1 Å². The molecule has 2 aromatic heterocycles. The molecule has 1 amide bonds. The van der Waals surface area contributed by atoms with Crippen LogP contribution in [0.4, 0.5) is 14.6 Å². The molecule has 1 aliphatic heterocycles. The molecule has 0 aliphatic carbocycles. The average molecular weight is 406 g/mol. The van der Waals surface area contributed by atoms with Gasteiger partial charge in [-0.25, -0.2) is 0 Å². The fourth-order valence-corrected chi connectivity index (χ4v) is 3.52. The largest absolute Gasteiger partial charge is 0.305 e. The topological polar surface area (TPSA) is 59.8 Å². The zero-order chi connectivity index (χ0) is 21.3. The van der Waals surface area contributed by atoms with Crippen molar-refractivity contribution in [2.75, 3.05) is 5.32 Å². The molecule has 5 nitrogen and oxygen atoms in total. The van der Waals surface area contributed by atoms with Crippen LogP contribution in [0.1, 0.15) is 51.1 Å². The number of nitrogens with one attached hydrogen (secondary N) is 1. The Morgan fingerprint density at radius 2 is 2.07 bits per heavy atom. The number of carbonyl (C=O) groups is 1. The van der Waals surface area contributed by atoms with Crippen molar-refractivity contribution >= 4 is 11.7 Å². The van der Waals surface area contributed by atoms with Crippen molar-refractivity contribution in [1.29, 1.82) is 0 Å². The molecule has 4 rings (SSSR count). The van der Waals surface area contributed by atoms with Crippen LogP contribution in [0.25, 0.3) is 0 Å². The lowest BCUT2D eigenvalue weighted by atomic mass is 10.0. The second-order valence-corrected chi connectivity index (χ2v) is 7.33. The number of anilines is 1. The number of fused-ring (bicyclic) bond motifs is 1. The third-order valence-electron chi connectivity index (χ3n) is 5.13. The van der Waals surface area contributed by atoms with E-state index in [0.29, 0.717) is 29.7 Å². The molecule has 0 saturated carbocycles. The number of aryl methyl sites for hydroxylation is 2. The highest BCUT2D eigenvalue weighted by Gasteiger charge is 2.41. The molecule has 3 heterocycles. The summed E-state index contributed by atoms with van der Waals surface area (Å²) in [5.41, 5.74) is 2.97. The molecule has 1 aliphatic rings. The summed E-state index contributed by atoms with van der Waals surface area (Å²) in [6, 6.07) is 8.83. The first-order valence-electron chi connectivity index (χ1n) is 9.65. The number of benzene rings is 1. The van der Waals surface area contributed by atoms with Gasteiger partial charge in [0.1, 0.15) is 5.69 Å². The van der Waals surface area contributed by atoms with Crippen LogP contribution in [0, 0.1) is 25.7 Å². The van der Waals surface area contributed by atoms with Gasteiger partial charge in [-0.3, -0.25) is 14.5 Å². The first-order valence-corrected chi connectivity index (χ1v) is 9.65. The van der Waals surface area contributed by atoms with Crippen molar-refractivity contribution in [3.05, 3.63) is 76.2 Å². The summed E-state index contributed by atoms with van der Waals surface area (Å²) in [6.07, 6.45) is 3.49. The second-order valence-electron chi connectivity index (χ2n) is 7.33. The van der Waals surface area contributed by atoms with Gasteiger partial charge >= 0.3 is 0 Å². The van der Waals surface area contributed by atoms with Crippen LogP contribution in [0.15, 0.2) is 42.7 Å². The lowest BCUT2D eigenvalue weighted by molar-refractivity contribution is -0.0370. The third-order valence-corrected chi connectivity index (χ3v) is 5.13. The van der Waals surface area contributed by atoms with Crippen molar-refractivity contribution in [2.45, 2.75) is 39.2 Å². The van der Waals surface area contributed by atoms with Crippen LogP contribution in [-0.4, -0.2) is 20.7 Å². The van der Waals surface area contributed by atoms with Gasteiger partial charge in [-0.15, -0.1) is 0 Å². The van der Waals surface area contributed by atoms with Gasteiger partial charge in [0.05, 0.1) is 0 Å². The Morgan fingerprint density at radius 3 is 2.80 bits per heavy atom. The molecule has 7 heteroatoms. The average Bonchev–Trinajstić information content (AvgIpc) is 3.04. The zero-order valence-electron chi connectivity index (χ0n) is 16.7. The molecular formula is C23H20F2N4O. The van der Waals surface area contributed by atoms with Gasteiger partial charge in [-0.2, -0.15) is 13.9 Å². The summed E-state index contributed by atoms with van der Waals surface area (Å²) in [5.74, 6) is 2.90. The SMILES string of the molecule is Cc1ccc(C(=O)Nc2nn3c(c2C)C(F)(F)CCC3)cc1C#Cc1cccnc1. The van der Waals surface area contributed by atoms with Crippen LogP contribution in [-0.2, 0) is 12.5 Å². The molecule has 0 atom stereocenters. The molecule has 30 heavy (non-hydrogen) atoms. The van der Waals surface area contributed by atoms with E-state index in [-0.39, 0.29) is 17.9 Å². The summed E-state index contributed by atoms with van der Waals surface area (Å²) in [7, 11) is 0. The number of rotatable bonds is 2. The summed E-state index contributed by atoms with van der Waals surface area (Å²) in [4.78, 5) is 16.8. The van der Waals surface area contributed by atoms with E-state index in [1.54, 1.807) is 43.6 Å². The second kappa shape index (κ2) is 7.71. The molecule has 152 valence electrons. The van der Waals surface area contributed by atoms with Crippen molar-refractivity contribution in [3.63, 3.8) is 0 Å². The Labute approximate surface area is 173 Å². The fourth-order valence-electron chi connectivity index (χ4n) is 3.52. The molecular weight excluding hydrogens is 386 g/mol. The van der Waals surface area contributed by atoms with Gasteiger partial charge in [-0.1, -0.05) is 17.9 Å². The van der Waals surface area contributed by atoms with Gasteiger partial charge in [0.2, 0.25) is 0 Å². The van der Waals surface area contributed by atoms with Gasteiger partial charge in [0.15, 0.2) is 5.82 Å². The number of alkyl halides is 2. The summed E-state index contributed by atoms with van der Waals surface area (Å²) in [5, 5.41) is 6.88. The molecule has 0 fully saturated rings. The van der Waals surface area contributed by atoms with Gasteiger partial charge < -0.3 is 5.32 Å². The highest BCUT2D eigenvalue weighted by atomic mass is 19.3. The smallest absolute Gasteiger partial charge is 0.289 e. The number of aromatic nitrogens is 3. The van der Waals surface area contributed by atoms with Crippen molar-refractivity contribution in [3.8, 4) is 11.8 Å². The molecule has 0 radical (unpaired) electrons. The number of nitrogens with zero attached hydrogens (tertiary/aromatic N) is 3. The standard InChI is InChI=1S/C23H20F2N4O/c1-15-6-8-19(13-18(15)9-7-17-5-3-11-26-14-17)22(30)27-21-16(2)20-23(24,25)10-4-12-29(20)28-21/h3,5-6,8,11,13-14H,4,10,12H2,1-2H3,(H,27,28,30). The molecule has 0 saturated heterocycles. The number of halogens is 2. The Balaban J connectivity index is 1.60. The third kappa shape index (κ3) is 3.81. The Kier molecular flexibility index (Phi) is 5.08. The fraction of sp³-hybridized carbons (Fsp3) is 0.261. The van der Waals surface area contributed by atoms with E-state index < -0.39 is 11.8 Å². The maximum Gasteiger partial charge on any atom is 0.289 e. The van der Waals surface area contributed by atoms with E-state index in [1.807, 2.05) is 13.0 Å². The minimum atomic E-state index is -2.93. The Morgan fingerprint density at radius 1 is 1.23 bits per heavy atom. The summed E-state index contributed by atoms with van der Waals surface area (Å²) in [6.45, 7) is 3.89. The lowest BCUT2D eigenvalue weighted by Crippen LogP contribution is -2.26. The number of carbonyl (C=O) groups excluding carboxylic acids is 1. The van der Waals surface area contributed by atoms with Crippen LogP contribution < -0.4 is 5.32 Å². The summed E-state index contributed by atoms with van der Waals surface area (Å²) < 4.78 is 29.8. The highest BCUT2D eigenvalue weighted by molar-refractivity contribution is 6.04. The zero-order valence-corrected chi connectivity index (χ0v) is 16.7. The van der Waals surface area contributed by atoms with Crippen LogP contribution in [0.5, 0.6) is 0 Å². The molecule has 0 bridgehead atoms. The first kappa shape index (κ1) is 19.8. The predicted octanol–water partition coefficient (Wildman–Crippen LogP) is 4.43. The van der Waals surface area contributed by atoms with Crippen molar-refractivity contribution in [1.82, 2.24) is 14.8 Å². The molecule has 0 spiro atoms. The normalized spacial score (nSPS) is 14.4. The number of hydrogen-bond acceptors (Lipinski definition) is 3. The lowest BCUT2D eigenvalue weighted by Gasteiger charge is -2.23. The Hall–Kier alpha value is -3.53. The monoisotopic (exact) mass is 406 g/mol. The number of pyridine rings is 1.